The lowest BCUT2D eigenvalue weighted by Gasteiger charge is -2.59. The summed E-state index contributed by atoms with van der Waals surface area (Å²) >= 11 is 0. The van der Waals surface area contributed by atoms with Gasteiger partial charge in [0.2, 0.25) is 0 Å². The van der Waals surface area contributed by atoms with Crippen LogP contribution in [-0.4, -0.2) is 24.8 Å². The minimum absolute atomic E-state index is 0.0263. The van der Waals surface area contributed by atoms with Crippen molar-refractivity contribution in [3.63, 3.8) is 0 Å². The van der Waals surface area contributed by atoms with E-state index < -0.39 is 0 Å². The number of ether oxygens (including phenoxy) is 2. The molecule has 5 atom stereocenters. The Morgan fingerprint density at radius 2 is 1.73 bits per heavy atom. The molecular weight excluding hydrogens is 324 g/mol. The molecule has 0 N–H and O–H groups in total. The summed E-state index contributed by atoms with van der Waals surface area (Å²) in [5.41, 5.74) is 3.60. The van der Waals surface area contributed by atoms with Crippen molar-refractivity contribution in [2.45, 2.75) is 84.3 Å². The second-order valence-electron chi connectivity index (χ2n) is 10.1. The summed E-state index contributed by atoms with van der Waals surface area (Å²) in [4.78, 5) is 12.6. The van der Waals surface area contributed by atoms with Gasteiger partial charge in [0.15, 0.2) is 5.79 Å². The Morgan fingerprint density at radius 1 is 1.00 bits per heavy atom. The van der Waals surface area contributed by atoms with E-state index >= 15 is 0 Å². The van der Waals surface area contributed by atoms with Crippen LogP contribution in [0.15, 0.2) is 11.1 Å². The van der Waals surface area contributed by atoms with Crippen molar-refractivity contribution in [2.75, 3.05) is 13.2 Å². The van der Waals surface area contributed by atoms with Crippen LogP contribution < -0.4 is 0 Å². The molecule has 5 aliphatic rings. The van der Waals surface area contributed by atoms with E-state index in [1.807, 2.05) is 0 Å². The first-order chi connectivity index (χ1) is 12.4. The fourth-order valence-electron chi connectivity index (χ4n) is 7.74. The van der Waals surface area contributed by atoms with Gasteiger partial charge in [0, 0.05) is 24.7 Å². The first-order valence-electron chi connectivity index (χ1n) is 10.9. The molecule has 1 spiro atoms. The van der Waals surface area contributed by atoms with Gasteiger partial charge in [-0.2, -0.15) is 0 Å². The Hall–Kier alpha value is -0.670. The summed E-state index contributed by atoms with van der Waals surface area (Å²) < 4.78 is 12.2. The third-order valence-corrected chi connectivity index (χ3v) is 9.27. The lowest BCUT2D eigenvalue weighted by molar-refractivity contribution is -0.185. The van der Waals surface area contributed by atoms with Crippen molar-refractivity contribution in [3.8, 4) is 0 Å². The molecule has 0 aromatic heterocycles. The van der Waals surface area contributed by atoms with Crippen molar-refractivity contribution in [1.82, 2.24) is 0 Å². The molecule has 144 valence electrons. The number of carbonyl (C=O) groups excluding carboxylic acids is 1. The zero-order valence-electron chi connectivity index (χ0n) is 16.7. The normalized spacial score (nSPS) is 47.0. The van der Waals surface area contributed by atoms with E-state index in [0.29, 0.717) is 23.0 Å². The van der Waals surface area contributed by atoms with Gasteiger partial charge < -0.3 is 9.47 Å². The molecule has 5 unspecified atom stereocenters. The predicted octanol–water partition coefficient (Wildman–Crippen LogP) is 5.04. The first kappa shape index (κ1) is 17.4. The number of Topliss-reactive ketones (excluding diaryl/α,β-unsaturated/α-hetero) is 1. The molecule has 0 aromatic rings. The average Bonchev–Trinajstić information content (AvgIpc) is 3.20. The second kappa shape index (κ2) is 5.67. The van der Waals surface area contributed by atoms with Crippen molar-refractivity contribution in [1.29, 1.82) is 0 Å². The predicted molar refractivity (Wildman–Crippen MR) is 101 cm³/mol. The number of fused-ring (bicyclic) bond motifs is 5. The third-order valence-electron chi connectivity index (χ3n) is 9.27. The van der Waals surface area contributed by atoms with E-state index in [1.165, 1.54) is 19.3 Å². The summed E-state index contributed by atoms with van der Waals surface area (Å²) in [6.07, 6.45) is 9.86. The Balaban J connectivity index is 1.54. The number of hydrogen-bond acceptors (Lipinski definition) is 3. The van der Waals surface area contributed by atoms with E-state index in [-0.39, 0.29) is 11.2 Å². The summed E-state index contributed by atoms with van der Waals surface area (Å²) in [6, 6.07) is 0. The molecule has 26 heavy (non-hydrogen) atoms. The molecule has 1 saturated heterocycles. The van der Waals surface area contributed by atoms with Gasteiger partial charge in [-0.25, -0.2) is 0 Å². The topological polar surface area (TPSA) is 35.5 Å². The standard InChI is InChI=1S/C23H34O3/c1-4-15-13-16-17-5-6-20(24)22(17,3)8-7-18(16)21(2)9-10-23(14-19(15)21)25-11-12-26-23/h16-18H,4-14H2,1-3H3. The number of hydrogen-bond donors (Lipinski definition) is 0. The average molecular weight is 359 g/mol. The molecule has 1 aliphatic heterocycles. The highest BCUT2D eigenvalue weighted by Gasteiger charge is 2.61. The number of rotatable bonds is 1. The number of allylic oxidation sites excluding steroid dienone is 1. The van der Waals surface area contributed by atoms with Gasteiger partial charge in [0.1, 0.15) is 5.78 Å². The van der Waals surface area contributed by atoms with Crippen LogP contribution in [0.5, 0.6) is 0 Å². The van der Waals surface area contributed by atoms with Crippen molar-refractivity contribution >= 4 is 5.78 Å². The van der Waals surface area contributed by atoms with Crippen molar-refractivity contribution in [3.05, 3.63) is 11.1 Å². The molecule has 0 bridgehead atoms. The Morgan fingerprint density at radius 3 is 2.46 bits per heavy atom. The quantitative estimate of drug-likeness (QED) is 0.616. The Kier molecular flexibility index (Phi) is 3.80. The molecule has 0 aromatic carbocycles. The monoisotopic (exact) mass is 358 g/mol. The van der Waals surface area contributed by atoms with Crippen LogP contribution in [0.25, 0.3) is 0 Å². The highest BCUT2D eigenvalue weighted by atomic mass is 16.7. The van der Waals surface area contributed by atoms with Crippen molar-refractivity contribution < 1.29 is 14.3 Å². The fourth-order valence-corrected chi connectivity index (χ4v) is 7.74. The van der Waals surface area contributed by atoms with E-state index in [4.69, 9.17) is 9.47 Å². The first-order valence-corrected chi connectivity index (χ1v) is 10.9. The van der Waals surface area contributed by atoms with Crippen LogP contribution in [0.4, 0.5) is 0 Å². The van der Waals surface area contributed by atoms with Crippen LogP contribution in [0.3, 0.4) is 0 Å². The van der Waals surface area contributed by atoms with Gasteiger partial charge in [-0.05, 0) is 61.7 Å². The molecular formula is C23H34O3. The summed E-state index contributed by atoms with van der Waals surface area (Å²) in [7, 11) is 0. The van der Waals surface area contributed by atoms with Gasteiger partial charge in [0.25, 0.3) is 0 Å². The lowest BCUT2D eigenvalue weighted by atomic mass is 9.46. The zero-order valence-corrected chi connectivity index (χ0v) is 16.7. The van der Waals surface area contributed by atoms with Gasteiger partial charge >= 0.3 is 0 Å². The maximum absolute atomic E-state index is 12.6. The van der Waals surface area contributed by atoms with Crippen LogP contribution >= 0.6 is 0 Å². The summed E-state index contributed by atoms with van der Waals surface area (Å²) in [5.74, 6) is 2.30. The molecule has 3 saturated carbocycles. The lowest BCUT2D eigenvalue weighted by Crippen LogP contribution is -2.53. The molecule has 3 heteroatoms. The summed E-state index contributed by atoms with van der Waals surface area (Å²) in [6.45, 7) is 8.64. The third kappa shape index (κ3) is 2.16. The van der Waals surface area contributed by atoms with Crippen LogP contribution in [0.1, 0.15) is 78.6 Å². The Bertz CT molecular complexity index is 658. The minimum Gasteiger partial charge on any atom is -0.347 e. The molecule has 3 nitrogen and oxygen atoms in total. The van der Waals surface area contributed by atoms with Crippen molar-refractivity contribution in [2.24, 2.45) is 28.6 Å². The zero-order chi connectivity index (χ0) is 18.2. The van der Waals surface area contributed by atoms with Gasteiger partial charge in [-0.1, -0.05) is 31.9 Å². The largest absolute Gasteiger partial charge is 0.347 e. The SMILES string of the molecule is CCC1=C2CC3(CCC2(C)C2CCC4(C)C(=O)CCC4C2C1)OCCO3. The maximum Gasteiger partial charge on any atom is 0.172 e. The number of carbonyl (C=O) groups is 1. The fraction of sp³-hybridized carbons (Fsp3) is 0.870. The van der Waals surface area contributed by atoms with E-state index in [2.05, 4.69) is 20.8 Å². The van der Waals surface area contributed by atoms with Crippen LogP contribution in [-0.2, 0) is 14.3 Å². The van der Waals surface area contributed by atoms with E-state index in [9.17, 15) is 4.79 Å². The van der Waals surface area contributed by atoms with Gasteiger partial charge in [0.05, 0.1) is 13.2 Å². The maximum atomic E-state index is 12.6. The van der Waals surface area contributed by atoms with Crippen LogP contribution in [0, 0.1) is 28.6 Å². The highest BCUT2D eigenvalue weighted by molar-refractivity contribution is 5.87. The molecule has 5 rings (SSSR count). The smallest absolute Gasteiger partial charge is 0.172 e. The number of ketones is 1. The Labute approximate surface area is 157 Å². The summed E-state index contributed by atoms with van der Waals surface area (Å²) in [5, 5.41) is 0. The molecule has 0 radical (unpaired) electrons. The molecule has 4 aliphatic carbocycles. The van der Waals surface area contributed by atoms with Gasteiger partial charge in [-0.15, -0.1) is 0 Å². The molecule has 0 amide bonds. The molecule has 4 fully saturated rings. The highest BCUT2D eigenvalue weighted by Crippen LogP contribution is 2.66. The van der Waals surface area contributed by atoms with Crippen LogP contribution in [0.2, 0.25) is 0 Å². The van der Waals surface area contributed by atoms with E-state index in [1.54, 1.807) is 11.1 Å². The van der Waals surface area contributed by atoms with E-state index in [0.717, 1.165) is 57.7 Å². The minimum atomic E-state index is -0.325. The second-order valence-corrected chi connectivity index (χ2v) is 10.1. The molecule has 1 heterocycles. The van der Waals surface area contributed by atoms with Gasteiger partial charge in [-0.3, -0.25) is 4.79 Å².